The molecule has 4 rings (SSSR count). The van der Waals surface area contributed by atoms with Crippen LogP contribution >= 0.6 is 0 Å². The van der Waals surface area contributed by atoms with Crippen molar-refractivity contribution in [3.8, 4) is 34.1 Å². The highest BCUT2D eigenvalue weighted by Gasteiger charge is 2.28. The highest BCUT2D eigenvalue weighted by atomic mass is 16.5. The number of imide groups is 1. The number of methoxy groups -OCH3 is 2. The molecule has 8 nitrogen and oxygen atoms in total. The van der Waals surface area contributed by atoms with Crippen LogP contribution in [0.3, 0.4) is 0 Å². The lowest BCUT2D eigenvalue weighted by Crippen LogP contribution is -2.37. The highest BCUT2D eigenvalue weighted by molar-refractivity contribution is 6.31. The molecule has 0 fully saturated rings. The van der Waals surface area contributed by atoms with Gasteiger partial charge in [0.2, 0.25) is 0 Å². The second-order valence-corrected chi connectivity index (χ2v) is 7.37. The lowest BCUT2D eigenvalue weighted by molar-refractivity contribution is -0.114. The Morgan fingerprint density at radius 2 is 1.64 bits per heavy atom. The van der Waals surface area contributed by atoms with E-state index in [0.717, 1.165) is 11.1 Å². The van der Waals surface area contributed by atoms with Gasteiger partial charge in [0.15, 0.2) is 11.5 Å². The van der Waals surface area contributed by atoms with Crippen LogP contribution in [0, 0.1) is 0 Å². The van der Waals surface area contributed by atoms with E-state index in [1.165, 1.54) is 18.3 Å². The maximum Gasteiger partial charge on any atom is 0.260 e. The average molecular weight is 446 g/mol. The number of phenols is 2. The van der Waals surface area contributed by atoms with E-state index < -0.39 is 11.8 Å². The van der Waals surface area contributed by atoms with Crippen molar-refractivity contribution in [2.75, 3.05) is 14.2 Å². The molecule has 0 saturated heterocycles. The number of benzene rings is 3. The molecule has 168 valence electrons. The molecule has 3 aromatic rings. The van der Waals surface area contributed by atoms with Gasteiger partial charge in [0.05, 0.1) is 19.8 Å². The van der Waals surface area contributed by atoms with Crippen LogP contribution in [0.15, 0.2) is 60.8 Å². The smallest absolute Gasteiger partial charge is 0.260 e. The second-order valence-electron chi connectivity index (χ2n) is 7.37. The zero-order valence-electron chi connectivity index (χ0n) is 18.0. The molecule has 8 heteroatoms. The van der Waals surface area contributed by atoms with Crippen molar-refractivity contribution < 1.29 is 29.3 Å². The monoisotopic (exact) mass is 446 g/mol. The summed E-state index contributed by atoms with van der Waals surface area (Å²) >= 11 is 0. The van der Waals surface area contributed by atoms with E-state index >= 15 is 0 Å². The summed E-state index contributed by atoms with van der Waals surface area (Å²) in [5.41, 5.74) is 3.41. The van der Waals surface area contributed by atoms with E-state index in [0.29, 0.717) is 40.3 Å². The number of hydrogen-bond donors (Lipinski definition) is 4. The van der Waals surface area contributed by atoms with Crippen molar-refractivity contribution in [2.45, 2.75) is 6.54 Å². The van der Waals surface area contributed by atoms with Gasteiger partial charge in [0.25, 0.3) is 11.8 Å². The minimum Gasteiger partial charge on any atom is -0.504 e. The number of amides is 2. The number of ether oxygens (including phenoxy) is 2. The maximum atomic E-state index is 12.6. The summed E-state index contributed by atoms with van der Waals surface area (Å²) in [6.07, 6.45) is 1.53. The van der Waals surface area contributed by atoms with E-state index in [9.17, 15) is 19.8 Å². The molecule has 1 aliphatic rings. The molecule has 1 heterocycles. The molecule has 0 saturated carbocycles. The minimum absolute atomic E-state index is 0.210. The zero-order chi connectivity index (χ0) is 23.5. The number of nitrogens with one attached hydrogen (secondary N) is 2. The number of aromatic hydroxyl groups is 2. The number of carbonyl (C=O) groups is 2. The van der Waals surface area contributed by atoms with E-state index in [1.54, 1.807) is 50.6 Å². The summed E-state index contributed by atoms with van der Waals surface area (Å²) in [7, 11) is 3.13. The quantitative estimate of drug-likeness (QED) is 0.261. The molecule has 2 amide bonds. The first-order valence-electron chi connectivity index (χ1n) is 10.1. The standard InChI is InChI=1S/C25H22N2O6/c1-32-16-5-7-17(23(11-16)33-2)15-4-6-18-19(10-15)20(25(31)27-24(18)30)13-26-12-14-3-8-21(28)22(29)9-14/h3-11,13,26,28-29H,12H2,1-2H3,(H,27,30,31)/b20-13+. The Morgan fingerprint density at radius 3 is 2.36 bits per heavy atom. The number of fused-ring (bicyclic) bond motifs is 1. The molecular formula is C25H22N2O6. The third kappa shape index (κ3) is 4.31. The van der Waals surface area contributed by atoms with Gasteiger partial charge in [-0.05, 0) is 47.5 Å². The predicted molar refractivity (Wildman–Crippen MR) is 122 cm³/mol. The van der Waals surface area contributed by atoms with Crippen molar-refractivity contribution >= 4 is 17.4 Å². The van der Waals surface area contributed by atoms with Gasteiger partial charge in [-0.2, -0.15) is 0 Å². The predicted octanol–water partition coefficient (Wildman–Crippen LogP) is 3.18. The van der Waals surface area contributed by atoms with E-state index in [2.05, 4.69) is 10.6 Å². The van der Waals surface area contributed by atoms with E-state index in [-0.39, 0.29) is 11.5 Å². The SMILES string of the molecule is COc1ccc(-c2ccc3c(c2)/C(=C\NCc2ccc(O)c(O)c2)C(=O)NC3=O)c(OC)c1. The molecule has 4 N–H and O–H groups in total. The number of rotatable bonds is 6. The molecular weight excluding hydrogens is 424 g/mol. The maximum absolute atomic E-state index is 12.6. The molecule has 0 aliphatic carbocycles. The second kappa shape index (κ2) is 8.96. The van der Waals surface area contributed by atoms with Crippen LogP contribution in [0.1, 0.15) is 21.5 Å². The van der Waals surface area contributed by atoms with Crippen molar-refractivity contribution in [2.24, 2.45) is 0 Å². The average Bonchev–Trinajstić information content (AvgIpc) is 2.82. The van der Waals surface area contributed by atoms with Gasteiger partial charge < -0.3 is 25.0 Å². The first kappa shape index (κ1) is 21.8. The lowest BCUT2D eigenvalue weighted by Gasteiger charge is -2.20. The van der Waals surface area contributed by atoms with Crippen LogP contribution in [0.25, 0.3) is 16.7 Å². The minimum atomic E-state index is -0.521. The van der Waals surface area contributed by atoms with Gasteiger partial charge >= 0.3 is 0 Å². The van der Waals surface area contributed by atoms with E-state index in [4.69, 9.17) is 9.47 Å². The van der Waals surface area contributed by atoms with Crippen LogP contribution in [0.2, 0.25) is 0 Å². The fourth-order valence-electron chi connectivity index (χ4n) is 3.62. The van der Waals surface area contributed by atoms with E-state index in [1.807, 2.05) is 6.07 Å². The summed E-state index contributed by atoms with van der Waals surface area (Å²) in [5, 5.41) is 24.5. The largest absolute Gasteiger partial charge is 0.504 e. The van der Waals surface area contributed by atoms with Gasteiger partial charge in [0.1, 0.15) is 11.5 Å². The van der Waals surface area contributed by atoms with Crippen molar-refractivity contribution in [3.05, 3.63) is 77.5 Å². The summed E-state index contributed by atoms with van der Waals surface area (Å²) in [5.74, 6) is -0.190. The zero-order valence-corrected chi connectivity index (χ0v) is 18.0. The Labute approximate surface area is 190 Å². The van der Waals surface area contributed by atoms with Crippen molar-refractivity contribution in [3.63, 3.8) is 0 Å². The molecule has 33 heavy (non-hydrogen) atoms. The molecule has 0 radical (unpaired) electrons. The van der Waals surface area contributed by atoms with Gasteiger partial charge in [-0.15, -0.1) is 0 Å². The lowest BCUT2D eigenvalue weighted by atomic mass is 9.91. The third-order valence-electron chi connectivity index (χ3n) is 5.34. The molecule has 0 aromatic heterocycles. The van der Waals surface area contributed by atoms with Gasteiger partial charge in [-0.25, -0.2) is 0 Å². The number of phenolic OH excluding ortho intramolecular Hbond substituents is 2. The summed E-state index contributed by atoms with van der Waals surface area (Å²) in [4.78, 5) is 25.0. The van der Waals surface area contributed by atoms with Gasteiger partial charge in [0, 0.05) is 35.5 Å². The molecule has 0 unspecified atom stereocenters. The molecule has 0 bridgehead atoms. The Hall–Kier alpha value is -4.46. The Bertz CT molecular complexity index is 1280. The summed E-state index contributed by atoms with van der Waals surface area (Å²) in [6.45, 7) is 0.292. The van der Waals surface area contributed by atoms with Crippen LogP contribution < -0.4 is 20.1 Å². The fraction of sp³-hybridized carbons (Fsp3) is 0.120. The first-order valence-corrected chi connectivity index (χ1v) is 10.1. The highest BCUT2D eigenvalue weighted by Crippen LogP contribution is 2.36. The summed E-state index contributed by atoms with van der Waals surface area (Å²) in [6, 6.07) is 15.1. The molecule has 1 aliphatic heterocycles. The topological polar surface area (TPSA) is 117 Å². The van der Waals surface area contributed by atoms with Crippen molar-refractivity contribution in [1.82, 2.24) is 10.6 Å². The normalized spacial score (nSPS) is 13.9. The van der Waals surface area contributed by atoms with Crippen LogP contribution in [-0.4, -0.2) is 36.2 Å². The molecule has 0 spiro atoms. The van der Waals surface area contributed by atoms with Crippen LogP contribution in [-0.2, 0) is 11.3 Å². The molecule has 3 aromatic carbocycles. The fourth-order valence-corrected chi connectivity index (χ4v) is 3.62. The van der Waals surface area contributed by atoms with Crippen molar-refractivity contribution in [1.29, 1.82) is 0 Å². The number of hydrogen-bond acceptors (Lipinski definition) is 7. The number of carbonyl (C=O) groups excluding carboxylic acids is 2. The third-order valence-corrected chi connectivity index (χ3v) is 5.34. The van der Waals surface area contributed by atoms with Gasteiger partial charge in [-0.1, -0.05) is 12.1 Å². The Morgan fingerprint density at radius 1 is 0.848 bits per heavy atom. The van der Waals surface area contributed by atoms with Gasteiger partial charge in [-0.3, -0.25) is 14.9 Å². The van der Waals surface area contributed by atoms with Crippen LogP contribution in [0.4, 0.5) is 0 Å². The summed E-state index contributed by atoms with van der Waals surface area (Å²) < 4.78 is 10.7. The Balaban J connectivity index is 1.69. The first-order chi connectivity index (χ1) is 15.9. The Kier molecular flexibility index (Phi) is 5.91. The molecule has 0 atom stereocenters. The van der Waals surface area contributed by atoms with Crippen LogP contribution in [0.5, 0.6) is 23.0 Å².